The van der Waals surface area contributed by atoms with Crippen molar-refractivity contribution in [2.75, 3.05) is 16.8 Å². The molecule has 0 radical (unpaired) electrons. The monoisotopic (exact) mass is 493 g/mol. The highest BCUT2D eigenvalue weighted by molar-refractivity contribution is 6.24. The van der Waals surface area contributed by atoms with Gasteiger partial charge in [0, 0.05) is 41.4 Å². The second-order valence-electron chi connectivity index (χ2n) is 9.08. The molecule has 4 N–H and O–H groups in total. The molecule has 37 heavy (non-hydrogen) atoms. The lowest BCUT2D eigenvalue weighted by molar-refractivity contribution is -0.118. The van der Waals surface area contributed by atoms with Crippen molar-refractivity contribution in [1.82, 2.24) is 9.97 Å². The molecule has 3 heterocycles. The van der Waals surface area contributed by atoms with Crippen LogP contribution in [0.25, 0.3) is 22.7 Å². The van der Waals surface area contributed by atoms with Gasteiger partial charge >= 0.3 is 0 Å². The number of carbonyl (C=O) groups excluding carboxylic acids is 3. The minimum atomic E-state index is -0.522. The Bertz CT molecular complexity index is 1510. The van der Waals surface area contributed by atoms with E-state index in [1.54, 1.807) is 23.2 Å². The fourth-order valence-corrected chi connectivity index (χ4v) is 4.53. The van der Waals surface area contributed by atoms with Gasteiger partial charge in [0.25, 0.3) is 0 Å². The van der Waals surface area contributed by atoms with Crippen LogP contribution in [0, 0.1) is 0 Å². The summed E-state index contributed by atoms with van der Waals surface area (Å²) in [5.74, 6) is -0.574. The van der Waals surface area contributed by atoms with E-state index >= 15 is 0 Å². The molecule has 0 aliphatic carbocycles. The summed E-state index contributed by atoms with van der Waals surface area (Å²) in [5.41, 5.74) is 9.81. The van der Waals surface area contributed by atoms with Gasteiger partial charge in [0.1, 0.15) is 11.5 Å². The van der Waals surface area contributed by atoms with Gasteiger partial charge in [-0.05, 0) is 54.8 Å². The zero-order valence-corrected chi connectivity index (χ0v) is 20.4. The number of amides is 3. The Labute approximate surface area is 214 Å². The van der Waals surface area contributed by atoms with E-state index in [9.17, 15) is 14.4 Å². The summed E-state index contributed by atoms with van der Waals surface area (Å²) in [6.07, 6.45) is 4.94. The predicted octanol–water partition coefficient (Wildman–Crippen LogP) is 4.46. The van der Waals surface area contributed by atoms with Crippen LogP contribution in [0.4, 0.5) is 11.5 Å². The Kier molecular flexibility index (Phi) is 6.55. The van der Waals surface area contributed by atoms with Crippen LogP contribution in [0.3, 0.4) is 0 Å². The summed E-state index contributed by atoms with van der Waals surface area (Å²) in [6.45, 7) is 2.56. The quantitative estimate of drug-likeness (QED) is 0.329. The molecule has 2 aromatic carbocycles. The molecule has 2 aromatic heterocycles. The van der Waals surface area contributed by atoms with E-state index in [0.29, 0.717) is 23.5 Å². The SMILES string of the molecule is CC(C(=O)Nc1ccc2c(/C=C(/C(N)=O)c3ccccc3)c[nH]c2n1)c1ccc(N2CCCC2=O)cc1. The number of primary amides is 1. The second-order valence-corrected chi connectivity index (χ2v) is 9.08. The van der Waals surface area contributed by atoms with Crippen LogP contribution < -0.4 is 16.0 Å². The van der Waals surface area contributed by atoms with Gasteiger partial charge in [-0.15, -0.1) is 0 Å². The number of carbonyl (C=O) groups is 3. The van der Waals surface area contributed by atoms with Gasteiger partial charge < -0.3 is 20.9 Å². The maximum Gasteiger partial charge on any atom is 0.249 e. The summed E-state index contributed by atoms with van der Waals surface area (Å²) in [6, 6.07) is 20.3. The van der Waals surface area contributed by atoms with E-state index in [1.807, 2.05) is 67.6 Å². The van der Waals surface area contributed by atoms with Crippen LogP contribution >= 0.6 is 0 Å². The maximum atomic E-state index is 12.9. The number of H-pyrrole nitrogens is 1. The van der Waals surface area contributed by atoms with Crippen LogP contribution in [0.5, 0.6) is 0 Å². The first-order chi connectivity index (χ1) is 17.9. The number of rotatable bonds is 7. The molecule has 1 aliphatic rings. The first-order valence-electron chi connectivity index (χ1n) is 12.2. The van der Waals surface area contributed by atoms with Gasteiger partial charge in [-0.3, -0.25) is 14.4 Å². The number of nitrogens with zero attached hydrogens (tertiary/aromatic N) is 2. The molecule has 0 saturated carbocycles. The first kappa shape index (κ1) is 24.0. The third-order valence-corrected chi connectivity index (χ3v) is 6.64. The maximum absolute atomic E-state index is 12.9. The Balaban J connectivity index is 1.32. The third-order valence-electron chi connectivity index (χ3n) is 6.64. The molecule has 1 saturated heterocycles. The molecule has 1 unspecified atom stereocenters. The predicted molar refractivity (Wildman–Crippen MR) is 145 cm³/mol. The average molecular weight is 494 g/mol. The molecule has 0 bridgehead atoms. The van der Waals surface area contributed by atoms with Gasteiger partial charge in [0.15, 0.2) is 0 Å². The highest BCUT2D eigenvalue weighted by Gasteiger charge is 2.22. The average Bonchev–Trinajstić information content (AvgIpc) is 3.52. The zero-order chi connectivity index (χ0) is 25.9. The van der Waals surface area contributed by atoms with Crippen molar-refractivity contribution < 1.29 is 14.4 Å². The van der Waals surface area contributed by atoms with Crippen molar-refractivity contribution in [1.29, 1.82) is 0 Å². The number of benzene rings is 2. The lowest BCUT2D eigenvalue weighted by Gasteiger charge is -2.17. The molecule has 1 atom stereocenters. The Morgan fingerprint density at radius 1 is 1.08 bits per heavy atom. The fraction of sp³-hybridized carbons (Fsp3) is 0.172. The van der Waals surface area contributed by atoms with Crippen molar-refractivity contribution >= 4 is 51.9 Å². The Morgan fingerprint density at radius 2 is 1.84 bits per heavy atom. The molecule has 3 amide bonds. The number of nitrogens with one attached hydrogen (secondary N) is 2. The topological polar surface area (TPSA) is 121 Å². The first-order valence-corrected chi connectivity index (χ1v) is 12.2. The lowest BCUT2D eigenvalue weighted by Crippen LogP contribution is -2.23. The van der Waals surface area contributed by atoms with Gasteiger partial charge in [0.2, 0.25) is 17.7 Å². The van der Waals surface area contributed by atoms with E-state index in [1.165, 1.54) is 0 Å². The van der Waals surface area contributed by atoms with Gasteiger partial charge in [-0.1, -0.05) is 42.5 Å². The smallest absolute Gasteiger partial charge is 0.249 e. The number of aromatic amines is 1. The number of hydrogen-bond donors (Lipinski definition) is 3. The molecule has 1 aliphatic heterocycles. The van der Waals surface area contributed by atoms with Crippen LogP contribution in [0.15, 0.2) is 72.9 Å². The van der Waals surface area contributed by atoms with Crippen molar-refractivity contribution in [2.24, 2.45) is 5.73 Å². The number of anilines is 2. The van der Waals surface area contributed by atoms with E-state index in [2.05, 4.69) is 15.3 Å². The van der Waals surface area contributed by atoms with Crippen molar-refractivity contribution in [2.45, 2.75) is 25.7 Å². The van der Waals surface area contributed by atoms with Crippen LogP contribution in [-0.2, 0) is 14.4 Å². The Morgan fingerprint density at radius 3 is 2.51 bits per heavy atom. The molecule has 1 fully saturated rings. The molecule has 8 heteroatoms. The molecule has 8 nitrogen and oxygen atoms in total. The normalized spacial score (nSPS) is 14.7. The third kappa shape index (κ3) is 4.99. The second kappa shape index (κ2) is 10.1. The molecule has 4 aromatic rings. The molecule has 186 valence electrons. The van der Waals surface area contributed by atoms with Gasteiger partial charge in [-0.2, -0.15) is 0 Å². The van der Waals surface area contributed by atoms with E-state index < -0.39 is 11.8 Å². The summed E-state index contributed by atoms with van der Waals surface area (Å²) >= 11 is 0. The highest BCUT2D eigenvalue weighted by atomic mass is 16.2. The fourth-order valence-electron chi connectivity index (χ4n) is 4.53. The number of nitrogens with two attached hydrogens (primary N) is 1. The lowest BCUT2D eigenvalue weighted by atomic mass is 10.00. The summed E-state index contributed by atoms with van der Waals surface area (Å²) in [7, 11) is 0. The van der Waals surface area contributed by atoms with E-state index in [-0.39, 0.29) is 11.8 Å². The van der Waals surface area contributed by atoms with Crippen LogP contribution in [-0.4, -0.2) is 34.2 Å². The molecular weight excluding hydrogens is 466 g/mol. The zero-order valence-electron chi connectivity index (χ0n) is 20.4. The molecular formula is C29H27N5O3. The van der Waals surface area contributed by atoms with Gasteiger partial charge in [-0.25, -0.2) is 4.98 Å². The van der Waals surface area contributed by atoms with Crippen molar-refractivity contribution in [3.05, 3.63) is 89.6 Å². The van der Waals surface area contributed by atoms with E-state index in [4.69, 9.17) is 5.73 Å². The summed E-state index contributed by atoms with van der Waals surface area (Å²) in [4.78, 5) is 46.4. The number of aromatic nitrogens is 2. The number of fused-ring (bicyclic) bond motifs is 1. The highest BCUT2D eigenvalue weighted by Crippen LogP contribution is 2.27. The van der Waals surface area contributed by atoms with Crippen LogP contribution in [0.1, 0.15) is 42.4 Å². The van der Waals surface area contributed by atoms with Crippen molar-refractivity contribution in [3.63, 3.8) is 0 Å². The molecule has 5 rings (SSSR count). The van der Waals surface area contributed by atoms with E-state index in [0.717, 1.165) is 40.7 Å². The number of hydrogen-bond acceptors (Lipinski definition) is 4. The van der Waals surface area contributed by atoms with Crippen LogP contribution in [0.2, 0.25) is 0 Å². The minimum Gasteiger partial charge on any atom is -0.366 e. The minimum absolute atomic E-state index is 0.133. The largest absolute Gasteiger partial charge is 0.366 e. The summed E-state index contributed by atoms with van der Waals surface area (Å²) in [5, 5.41) is 3.68. The van der Waals surface area contributed by atoms with Gasteiger partial charge in [0.05, 0.1) is 5.92 Å². The standard InChI is InChI=1S/C29H27N5O3/c1-18(19-9-11-22(12-10-19)34-15-5-8-26(34)35)29(37)33-25-14-13-23-21(17-31-28(23)32-25)16-24(27(30)36)20-6-3-2-4-7-20/h2-4,6-7,9-14,16-18H,5,8,15H2,1H3,(H2,30,36)(H2,31,32,33,37)/b24-16+. The molecule has 0 spiro atoms. The summed E-state index contributed by atoms with van der Waals surface area (Å²) < 4.78 is 0. The number of pyridine rings is 1. The van der Waals surface area contributed by atoms with Crippen molar-refractivity contribution in [3.8, 4) is 0 Å². The Hall–Kier alpha value is -4.72.